The molecule has 0 spiro atoms. The van der Waals surface area contributed by atoms with Crippen LogP contribution in [0.25, 0.3) is 11.1 Å². The molecule has 1 amide bonds. The second kappa shape index (κ2) is 8.06. The lowest BCUT2D eigenvalue weighted by Crippen LogP contribution is -2.26. The van der Waals surface area contributed by atoms with Crippen LogP contribution >= 0.6 is 0 Å². The predicted molar refractivity (Wildman–Crippen MR) is 111 cm³/mol. The molecule has 30 heavy (non-hydrogen) atoms. The molecule has 0 fully saturated rings. The number of hydrogen-bond donors (Lipinski definition) is 2. The number of hydrogen-bond acceptors (Lipinski definition) is 4. The summed E-state index contributed by atoms with van der Waals surface area (Å²) in [6.07, 6.45) is -3.03. The molecule has 0 aliphatic rings. The van der Waals surface area contributed by atoms with Crippen molar-refractivity contribution >= 4 is 23.1 Å². The van der Waals surface area contributed by atoms with E-state index < -0.39 is 17.6 Å². The summed E-state index contributed by atoms with van der Waals surface area (Å²) < 4.78 is 40.2. The fourth-order valence-electron chi connectivity index (χ4n) is 3.27. The molecule has 4 N–H and O–H groups in total. The van der Waals surface area contributed by atoms with Gasteiger partial charge >= 0.3 is 6.18 Å². The molecule has 8 heteroatoms. The van der Waals surface area contributed by atoms with Gasteiger partial charge in [-0.05, 0) is 74.0 Å². The SMILES string of the molecule is CC(C)N(c1ccc(C(N)=O)cc1)c1ccc(C(F)(F)F)cc1-c1ccnc(N)c1. The highest BCUT2D eigenvalue weighted by Crippen LogP contribution is 2.41. The Bertz CT molecular complexity index is 1060. The van der Waals surface area contributed by atoms with Crippen LogP contribution in [-0.2, 0) is 6.18 Å². The molecule has 0 bridgehead atoms. The first-order chi connectivity index (χ1) is 14.1. The number of anilines is 3. The van der Waals surface area contributed by atoms with E-state index >= 15 is 0 Å². The second-order valence-electron chi connectivity index (χ2n) is 7.07. The van der Waals surface area contributed by atoms with E-state index in [4.69, 9.17) is 11.5 Å². The Morgan fingerprint density at radius 3 is 2.23 bits per heavy atom. The minimum absolute atomic E-state index is 0.0981. The molecule has 0 unspecified atom stereocenters. The van der Waals surface area contributed by atoms with Gasteiger partial charge in [-0.15, -0.1) is 0 Å². The van der Waals surface area contributed by atoms with Crippen LogP contribution in [0.1, 0.15) is 29.8 Å². The van der Waals surface area contributed by atoms with Gasteiger partial charge in [-0.1, -0.05) is 0 Å². The molecule has 0 saturated carbocycles. The number of carbonyl (C=O) groups is 1. The Kier molecular flexibility index (Phi) is 5.69. The number of aromatic nitrogens is 1. The van der Waals surface area contributed by atoms with Gasteiger partial charge < -0.3 is 16.4 Å². The number of halogens is 3. The number of benzene rings is 2. The maximum atomic E-state index is 13.4. The highest BCUT2D eigenvalue weighted by atomic mass is 19.4. The average molecular weight is 414 g/mol. The Balaban J connectivity index is 2.21. The van der Waals surface area contributed by atoms with Crippen molar-refractivity contribution in [3.8, 4) is 11.1 Å². The first-order valence-electron chi connectivity index (χ1n) is 9.20. The highest BCUT2D eigenvalue weighted by molar-refractivity contribution is 5.93. The Labute approximate surface area is 172 Å². The van der Waals surface area contributed by atoms with Gasteiger partial charge in [-0.2, -0.15) is 13.2 Å². The van der Waals surface area contributed by atoms with Crippen molar-refractivity contribution in [2.45, 2.75) is 26.1 Å². The summed E-state index contributed by atoms with van der Waals surface area (Å²) in [5.41, 5.74) is 12.8. The largest absolute Gasteiger partial charge is 0.416 e. The van der Waals surface area contributed by atoms with E-state index in [0.29, 0.717) is 28.1 Å². The third-order valence-corrected chi connectivity index (χ3v) is 4.62. The summed E-state index contributed by atoms with van der Waals surface area (Å²) in [6.45, 7) is 3.84. The molecule has 0 aliphatic carbocycles. The maximum absolute atomic E-state index is 13.4. The van der Waals surface area contributed by atoms with E-state index in [-0.39, 0.29) is 11.9 Å². The van der Waals surface area contributed by atoms with Crippen molar-refractivity contribution in [2.75, 3.05) is 10.6 Å². The van der Waals surface area contributed by atoms with Crippen molar-refractivity contribution in [3.63, 3.8) is 0 Å². The Morgan fingerprint density at radius 1 is 1.03 bits per heavy atom. The minimum atomic E-state index is -4.49. The van der Waals surface area contributed by atoms with Gasteiger partial charge in [0.2, 0.25) is 5.91 Å². The molecule has 1 aromatic heterocycles. The number of amides is 1. The fourth-order valence-corrected chi connectivity index (χ4v) is 3.27. The third kappa shape index (κ3) is 4.37. The third-order valence-electron chi connectivity index (χ3n) is 4.62. The monoisotopic (exact) mass is 414 g/mol. The van der Waals surface area contributed by atoms with Crippen LogP contribution < -0.4 is 16.4 Å². The van der Waals surface area contributed by atoms with Crippen LogP contribution in [0.3, 0.4) is 0 Å². The lowest BCUT2D eigenvalue weighted by atomic mass is 9.99. The lowest BCUT2D eigenvalue weighted by molar-refractivity contribution is -0.137. The molecule has 3 aromatic rings. The number of alkyl halides is 3. The summed E-state index contributed by atoms with van der Waals surface area (Å²) >= 11 is 0. The number of nitrogens with zero attached hydrogens (tertiary/aromatic N) is 2. The zero-order valence-electron chi connectivity index (χ0n) is 16.4. The number of carbonyl (C=O) groups excluding carboxylic acids is 1. The van der Waals surface area contributed by atoms with Crippen molar-refractivity contribution in [1.82, 2.24) is 4.98 Å². The molecule has 1 heterocycles. The molecule has 156 valence electrons. The second-order valence-corrected chi connectivity index (χ2v) is 7.07. The van der Waals surface area contributed by atoms with Gasteiger partial charge in [0.25, 0.3) is 0 Å². The minimum Gasteiger partial charge on any atom is -0.384 e. The molecule has 0 saturated heterocycles. The predicted octanol–water partition coefficient (Wildman–Crippen LogP) is 5.00. The van der Waals surface area contributed by atoms with Crippen LogP contribution in [0.5, 0.6) is 0 Å². The first kappa shape index (κ1) is 21.2. The van der Waals surface area contributed by atoms with E-state index in [1.165, 1.54) is 18.3 Å². The number of nitrogens with two attached hydrogens (primary N) is 2. The topological polar surface area (TPSA) is 85.2 Å². The van der Waals surface area contributed by atoms with Crippen LogP contribution in [0.15, 0.2) is 60.8 Å². The number of pyridine rings is 1. The van der Waals surface area contributed by atoms with Gasteiger partial charge in [-0.25, -0.2) is 4.98 Å². The maximum Gasteiger partial charge on any atom is 0.416 e. The summed E-state index contributed by atoms with van der Waals surface area (Å²) in [6, 6.07) is 13.2. The highest BCUT2D eigenvalue weighted by Gasteiger charge is 2.32. The number of primary amides is 1. The van der Waals surface area contributed by atoms with E-state index in [1.807, 2.05) is 18.7 Å². The molecule has 5 nitrogen and oxygen atoms in total. The lowest BCUT2D eigenvalue weighted by Gasteiger charge is -2.32. The van der Waals surface area contributed by atoms with Crippen LogP contribution in [0, 0.1) is 0 Å². The summed E-state index contributed by atoms with van der Waals surface area (Å²) in [5, 5.41) is 0. The molecule has 0 aliphatic heterocycles. The number of rotatable bonds is 5. The zero-order valence-corrected chi connectivity index (χ0v) is 16.4. The van der Waals surface area contributed by atoms with Gasteiger partial charge in [0.05, 0.1) is 5.56 Å². The molecule has 2 aromatic carbocycles. The molecule has 0 atom stereocenters. The zero-order chi connectivity index (χ0) is 22.1. The molecular weight excluding hydrogens is 393 g/mol. The van der Waals surface area contributed by atoms with Crippen molar-refractivity contribution in [1.29, 1.82) is 0 Å². The summed E-state index contributed by atoms with van der Waals surface area (Å²) in [4.78, 5) is 17.2. The van der Waals surface area contributed by atoms with Crippen molar-refractivity contribution < 1.29 is 18.0 Å². The standard InChI is InChI=1S/C22H21F3N4O/c1-13(2)29(17-6-3-14(4-7-17)21(27)30)19-8-5-16(22(23,24)25)12-18(19)15-9-10-28-20(26)11-15/h3-13H,1-2H3,(H2,26,28)(H2,27,30). The van der Waals surface area contributed by atoms with Crippen LogP contribution in [0.4, 0.5) is 30.4 Å². The Morgan fingerprint density at radius 2 is 1.70 bits per heavy atom. The van der Waals surface area contributed by atoms with Crippen molar-refractivity contribution in [2.24, 2.45) is 5.73 Å². The van der Waals surface area contributed by atoms with Gasteiger partial charge in [0, 0.05) is 34.7 Å². The normalized spacial score (nSPS) is 11.5. The van der Waals surface area contributed by atoms with E-state index in [0.717, 1.165) is 12.1 Å². The van der Waals surface area contributed by atoms with Crippen LogP contribution in [0.2, 0.25) is 0 Å². The molecule has 3 rings (SSSR count). The van der Waals surface area contributed by atoms with E-state index in [2.05, 4.69) is 4.98 Å². The summed E-state index contributed by atoms with van der Waals surface area (Å²) in [7, 11) is 0. The van der Waals surface area contributed by atoms with Gasteiger partial charge in [0.1, 0.15) is 5.82 Å². The average Bonchev–Trinajstić information content (AvgIpc) is 2.67. The Hall–Kier alpha value is -3.55. The molecular formula is C22H21F3N4O. The van der Waals surface area contributed by atoms with Crippen LogP contribution in [-0.4, -0.2) is 16.9 Å². The van der Waals surface area contributed by atoms with Gasteiger partial charge in [-0.3, -0.25) is 4.79 Å². The first-order valence-corrected chi connectivity index (χ1v) is 9.20. The molecule has 0 radical (unpaired) electrons. The quantitative estimate of drug-likeness (QED) is 0.616. The fraction of sp³-hybridized carbons (Fsp3) is 0.182. The van der Waals surface area contributed by atoms with E-state index in [9.17, 15) is 18.0 Å². The number of nitrogen functional groups attached to an aromatic ring is 1. The van der Waals surface area contributed by atoms with Crippen molar-refractivity contribution in [3.05, 3.63) is 71.9 Å². The smallest absolute Gasteiger partial charge is 0.384 e. The summed E-state index contributed by atoms with van der Waals surface area (Å²) in [5.74, 6) is -0.349. The van der Waals surface area contributed by atoms with E-state index in [1.54, 1.807) is 30.3 Å². The van der Waals surface area contributed by atoms with Gasteiger partial charge in [0.15, 0.2) is 0 Å².